The van der Waals surface area contributed by atoms with Crippen LogP contribution in [0.5, 0.6) is 5.75 Å². The summed E-state index contributed by atoms with van der Waals surface area (Å²) in [5.74, 6) is 0.881. The molecular weight excluding hydrogens is 260 g/mol. The second-order valence-corrected chi connectivity index (χ2v) is 5.80. The van der Waals surface area contributed by atoms with Crippen molar-refractivity contribution in [2.45, 2.75) is 26.4 Å². The standard InChI is InChI=1S/C16H19ClO2/c1-11(2)16(3,18)10-19-15-9-8-14(17)12-6-4-5-7-13(12)15/h4-9,11,18H,10H2,1-3H3. The van der Waals surface area contributed by atoms with E-state index in [4.69, 9.17) is 16.3 Å². The van der Waals surface area contributed by atoms with Crippen molar-refractivity contribution in [3.8, 4) is 5.75 Å². The first-order valence-electron chi connectivity index (χ1n) is 6.44. The van der Waals surface area contributed by atoms with Gasteiger partial charge in [-0.05, 0) is 25.0 Å². The highest BCUT2D eigenvalue weighted by molar-refractivity contribution is 6.35. The molecule has 0 aliphatic carbocycles. The molecule has 0 saturated heterocycles. The molecule has 1 atom stereocenters. The van der Waals surface area contributed by atoms with Crippen LogP contribution in [0.15, 0.2) is 36.4 Å². The Morgan fingerprint density at radius 2 is 1.79 bits per heavy atom. The van der Waals surface area contributed by atoms with Gasteiger partial charge in [-0.1, -0.05) is 49.7 Å². The van der Waals surface area contributed by atoms with Gasteiger partial charge in [-0.25, -0.2) is 0 Å². The van der Waals surface area contributed by atoms with E-state index in [0.717, 1.165) is 16.5 Å². The molecule has 2 aromatic carbocycles. The van der Waals surface area contributed by atoms with Crippen LogP contribution >= 0.6 is 11.6 Å². The van der Waals surface area contributed by atoms with Crippen LogP contribution in [0.2, 0.25) is 5.02 Å². The normalized spacial score (nSPS) is 14.6. The minimum absolute atomic E-state index is 0.131. The van der Waals surface area contributed by atoms with Gasteiger partial charge in [0.05, 0.1) is 5.60 Å². The van der Waals surface area contributed by atoms with Crippen LogP contribution in [-0.2, 0) is 0 Å². The summed E-state index contributed by atoms with van der Waals surface area (Å²) >= 11 is 6.16. The van der Waals surface area contributed by atoms with E-state index in [1.165, 1.54) is 0 Å². The summed E-state index contributed by atoms with van der Waals surface area (Å²) in [6, 6.07) is 11.5. The van der Waals surface area contributed by atoms with Crippen LogP contribution < -0.4 is 4.74 Å². The molecule has 2 rings (SSSR count). The fourth-order valence-corrected chi connectivity index (χ4v) is 1.98. The molecule has 0 aromatic heterocycles. The lowest BCUT2D eigenvalue weighted by atomic mass is 9.94. The maximum absolute atomic E-state index is 10.2. The zero-order valence-electron chi connectivity index (χ0n) is 11.5. The van der Waals surface area contributed by atoms with E-state index in [0.29, 0.717) is 5.02 Å². The quantitative estimate of drug-likeness (QED) is 0.904. The topological polar surface area (TPSA) is 29.5 Å². The third kappa shape index (κ3) is 3.02. The van der Waals surface area contributed by atoms with Gasteiger partial charge in [0.2, 0.25) is 0 Å². The summed E-state index contributed by atoms with van der Waals surface area (Å²) in [6.45, 7) is 6.00. The van der Waals surface area contributed by atoms with E-state index in [-0.39, 0.29) is 12.5 Å². The number of ether oxygens (including phenoxy) is 1. The third-order valence-corrected chi connectivity index (χ3v) is 3.92. The number of hydrogen-bond donors (Lipinski definition) is 1. The average molecular weight is 279 g/mol. The smallest absolute Gasteiger partial charge is 0.127 e. The molecule has 0 heterocycles. The number of rotatable bonds is 4. The molecule has 2 aromatic rings. The molecule has 1 unspecified atom stereocenters. The molecule has 0 radical (unpaired) electrons. The van der Waals surface area contributed by atoms with Crippen LogP contribution in [0.4, 0.5) is 0 Å². The zero-order valence-corrected chi connectivity index (χ0v) is 12.2. The van der Waals surface area contributed by atoms with Gasteiger partial charge in [0.15, 0.2) is 0 Å². The van der Waals surface area contributed by atoms with Crippen molar-refractivity contribution < 1.29 is 9.84 Å². The Bertz CT molecular complexity index is 576. The Kier molecular flexibility index (Phi) is 4.02. The molecule has 0 fully saturated rings. The van der Waals surface area contributed by atoms with E-state index >= 15 is 0 Å². The molecule has 0 spiro atoms. The molecule has 1 N–H and O–H groups in total. The first-order valence-corrected chi connectivity index (χ1v) is 6.82. The van der Waals surface area contributed by atoms with Crippen molar-refractivity contribution in [2.75, 3.05) is 6.61 Å². The molecule has 0 amide bonds. The fourth-order valence-electron chi connectivity index (χ4n) is 1.75. The van der Waals surface area contributed by atoms with Crippen molar-refractivity contribution in [1.82, 2.24) is 0 Å². The van der Waals surface area contributed by atoms with E-state index in [1.54, 1.807) is 6.92 Å². The Balaban J connectivity index is 2.29. The molecule has 19 heavy (non-hydrogen) atoms. The van der Waals surface area contributed by atoms with E-state index in [9.17, 15) is 5.11 Å². The van der Waals surface area contributed by atoms with Gasteiger partial charge in [0.1, 0.15) is 12.4 Å². The number of halogens is 1. The zero-order chi connectivity index (χ0) is 14.0. The van der Waals surface area contributed by atoms with Crippen LogP contribution in [0.3, 0.4) is 0 Å². The predicted octanol–water partition coefficient (Wildman–Crippen LogP) is 4.28. The van der Waals surface area contributed by atoms with E-state index in [2.05, 4.69) is 0 Å². The average Bonchev–Trinajstić information content (AvgIpc) is 2.38. The molecule has 0 saturated carbocycles. The Labute approximate surface area is 119 Å². The van der Waals surface area contributed by atoms with Crippen molar-refractivity contribution in [1.29, 1.82) is 0 Å². The number of aliphatic hydroxyl groups is 1. The minimum atomic E-state index is -0.846. The largest absolute Gasteiger partial charge is 0.490 e. The van der Waals surface area contributed by atoms with Gasteiger partial charge >= 0.3 is 0 Å². The predicted molar refractivity (Wildman–Crippen MR) is 79.9 cm³/mol. The Morgan fingerprint density at radius 3 is 2.42 bits per heavy atom. The lowest BCUT2D eigenvalue weighted by molar-refractivity contribution is -0.0262. The lowest BCUT2D eigenvalue weighted by Gasteiger charge is -2.27. The molecule has 3 heteroatoms. The molecule has 0 aliphatic rings. The maximum atomic E-state index is 10.2. The molecular formula is C16H19ClO2. The van der Waals surface area contributed by atoms with Gasteiger partial charge in [-0.2, -0.15) is 0 Å². The number of hydrogen-bond acceptors (Lipinski definition) is 2. The highest BCUT2D eigenvalue weighted by atomic mass is 35.5. The Morgan fingerprint density at radius 1 is 1.16 bits per heavy atom. The second kappa shape index (κ2) is 5.40. The Hall–Kier alpha value is -1.25. The van der Waals surface area contributed by atoms with Gasteiger partial charge in [0.25, 0.3) is 0 Å². The summed E-state index contributed by atoms with van der Waals surface area (Å²) in [4.78, 5) is 0. The molecule has 102 valence electrons. The van der Waals surface area contributed by atoms with Crippen molar-refractivity contribution >= 4 is 22.4 Å². The van der Waals surface area contributed by atoms with Gasteiger partial charge in [-0.15, -0.1) is 0 Å². The van der Waals surface area contributed by atoms with E-state index < -0.39 is 5.60 Å². The minimum Gasteiger partial charge on any atom is -0.490 e. The summed E-state index contributed by atoms with van der Waals surface area (Å²) < 4.78 is 5.79. The first-order chi connectivity index (χ1) is 8.92. The van der Waals surface area contributed by atoms with Gasteiger partial charge < -0.3 is 9.84 Å². The summed E-state index contributed by atoms with van der Waals surface area (Å²) in [5.41, 5.74) is -0.846. The van der Waals surface area contributed by atoms with Gasteiger partial charge in [-0.3, -0.25) is 0 Å². The van der Waals surface area contributed by atoms with Gasteiger partial charge in [0, 0.05) is 15.8 Å². The summed E-state index contributed by atoms with van der Waals surface area (Å²) in [6.07, 6.45) is 0. The van der Waals surface area contributed by atoms with Crippen LogP contribution in [0.1, 0.15) is 20.8 Å². The first kappa shape index (κ1) is 14.2. The number of fused-ring (bicyclic) bond motifs is 1. The lowest BCUT2D eigenvalue weighted by Crippen LogP contribution is -2.37. The molecule has 0 bridgehead atoms. The maximum Gasteiger partial charge on any atom is 0.127 e. The van der Waals surface area contributed by atoms with Crippen molar-refractivity contribution in [3.63, 3.8) is 0 Å². The second-order valence-electron chi connectivity index (χ2n) is 5.39. The third-order valence-electron chi connectivity index (χ3n) is 3.59. The fraction of sp³-hybridized carbons (Fsp3) is 0.375. The molecule has 0 aliphatic heterocycles. The summed E-state index contributed by atoms with van der Waals surface area (Å²) in [5, 5.41) is 12.9. The highest BCUT2D eigenvalue weighted by Crippen LogP contribution is 2.32. The summed E-state index contributed by atoms with van der Waals surface area (Å²) in [7, 11) is 0. The van der Waals surface area contributed by atoms with Crippen molar-refractivity contribution in [3.05, 3.63) is 41.4 Å². The number of benzene rings is 2. The monoisotopic (exact) mass is 278 g/mol. The highest BCUT2D eigenvalue weighted by Gasteiger charge is 2.26. The van der Waals surface area contributed by atoms with Crippen LogP contribution in [-0.4, -0.2) is 17.3 Å². The molecule has 2 nitrogen and oxygen atoms in total. The van der Waals surface area contributed by atoms with E-state index in [1.807, 2.05) is 50.2 Å². The van der Waals surface area contributed by atoms with Crippen LogP contribution in [0.25, 0.3) is 10.8 Å². The van der Waals surface area contributed by atoms with Crippen molar-refractivity contribution in [2.24, 2.45) is 5.92 Å². The SMILES string of the molecule is CC(C)C(C)(O)COc1ccc(Cl)c2ccccc12. The van der Waals surface area contributed by atoms with Crippen LogP contribution in [0, 0.1) is 5.92 Å².